The molecule has 1 unspecified atom stereocenters. The zero-order chi connectivity index (χ0) is 21.6. The summed E-state index contributed by atoms with van der Waals surface area (Å²) < 4.78 is 10.8. The molecule has 0 spiro atoms. The van der Waals surface area contributed by atoms with Crippen molar-refractivity contribution < 1.29 is 14.3 Å². The lowest BCUT2D eigenvalue weighted by Gasteiger charge is -2.33. The minimum atomic E-state index is -0.306. The second-order valence-electron chi connectivity index (χ2n) is 8.81. The smallest absolute Gasteiger partial charge is 0.337 e. The highest BCUT2D eigenvalue weighted by Crippen LogP contribution is 2.40. The van der Waals surface area contributed by atoms with E-state index in [1.54, 1.807) is 0 Å². The molecule has 0 fully saturated rings. The predicted molar refractivity (Wildman–Crippen MR) is 123 cm³/mol. The molecule has 1 aliphatic rings. The molecule has 0 bridgehead atoms. The molecule has 1 heterocycles. The van der Waals surface area contributed by atoms with E-state index in [-0.39, 0.29) is 11.4 Å². The molecule has 0 radical (unpaired) electrons. The van der Waals surface area contributed by atoms with E-state index >= 15 is 0 Å². The zero-order valence-corrected chi connectivity index (χ0v) is 18.7. The minimum absolute atomic E-state index is 0.168. The molecular formula is C27H34O3. The molecule has 30 heavy (non-hydrogen) atoms. The maximum atomic E-state index is 11.6. The average Bonchev–Trinajstić information content (AvgIpc) is 2.75. The Morgan fingerprint density at radius 1 is 1.17 bits per heavy atom. The number of esters is 1. The summed E-state index contributed by atoms with van der Waals surface area (Å²) in [5.74, 6) is 1.08. The van der Waals surface area contributed by atoms with Crippen molar-refractivity contribution in [2.75, 3.05) is 13.7 Å². The van der Waals surface area contributed by atoms with Gasteiger partial charge in [-0.25, -0.2) is 4.79 Å². The number of benzene rings is 2. The fraction of sp³-hybridized carbons (Fsp3) is 0.444. The monoisotopic (exact) mass is 406 g/mol. The van der Waals surface area contributed by atoms with Crippen LogP contribution in [-0.4, -0.2) is 19.7 Å². The Morgan fingerprint density at radius 2 is 1.93 bits per heavy atom. The normalized spacial score (nSPS) is 16.0. The van der Waals surface area contributed by atoms with Crippen LogP contribution in [0.5, 0.6) is 5.75 Å². The second kappa shape index (κ2) is 9.97. The molecule has 0 aromatic heterocycles. The van der Waals surface area contributed by atoms with E-state index < -0.39 is 0 Å². The number of allylic oxidation sites excluding steroid dienone is 1. The lowest BCUT2D eigenvalue weighted by molar-refractivity contribution is 0.0600. The highest BCUT2D eigenvalue weighted by molar-refractivity contribution is 5.89. The molecule has 1 aliphatic heterocycles. The number of rotatable bonds is 8. The molecule has 3 nitrogen and oxygen atoms in total. The van der Waals surface area contributed by atoms with Crippen LogP contribution in [0.1, 0.15) is 85.8 Å². The standard InChI is InChI=1S/C27H34O3/c1-5-6-7-8-21(12-9-20-10-13-22(14-11-20)26(28)29-4)23-15-16-24-25(19-23)30-18-17-27(24,2)3/h9-16,19,21H,5-8,17-18H2,1-4H3. The third kappa shape index (κ3) is 5.33. The highest BCUT2D eigenvalue weighted by Gasteiger charge is 2.29. The summed E-state index contributed by atoms with van der Waals surface area (Å²) in [5, 5.41) is 0. The summed E-state index contributed by atoms with van der Waals surface area (Å²) in [5.41, 5.74) is 4.44. The predicted octanol–water partition coefficient (Wildman–Crippen LogP) is 6.91. The van der Waals surface area contributed by atoms with Crippen molar-refractivity contribution in [3.8, 4) is 5.75 Å². The lowest BCUT2D eigenvalue weighted by Crippen LogP contribution is -2.26. The first kappa shape index (κ1) is 22.1. The molecule has 3 heteroatoms. The summed E-state index contributed by atoms with van der Waals surface area (Å²) in [7, 11) is 1.40. The van der Waals surface area contributed by atoms with Gasteiger partial charge in [0.05, 0.1) is 19.3 Å². The van der Waals surface area contributed by atoms with Crippen LogP contribution in [0.4, 0.5) is 0 Å². The topological polar surface area (TPSA) is 35.5 Å². The number of ether oxygens (including phenoxy) is 2. The Labute approximate surface area is 181 Å². The Hall–Kier alpha value is -2.55. The van der Waals surface area contributed by atoms with Gasteiger partial charge in [-0.1, -0.05) is 76.5 Å². The molecular weight excluding hydrogens is 372 g/mol. The van der Waals surface area contributed by atoms with Crippen LogP contribution in [0.15, 0.2) is 48.5 Å². The first-order valence-electron chi connectivity index (χ1n) is 11.1. The van der Waals surface area contributed by atoms with E-state index in [9.17, 15) is 4.79 Å². The van der Waals surface area contributed by atoms with E-state index in [1.807, 2.05) is 24.3 Å². The highest BCUT2D eigenvalue weighted by atomic mass is 16.5. The van der Waals surface area contributed by atoms with Gasteiger partial charge in [0.25, 0.3) is 0 Å². The van der Waals surface area contributed by atoms with Crippen molar-refractivity contribution >= 4 is 12.0 Å². The van der Waals surface area contributed by atoms with E-state index in [1.165, 1.54) is 37.5 Å². The number of carbonyl (C=O) groups excluding carboxylic acids is 1. The first-order chi connectivity index (χ1) is 14.4. The summed E-state index contributed by atoms with van der Waals surface area (Å²) >= 11 is 0. The van der Waals surface area contributed by atoms with Crippen molar-refractivity contribution in [1.29, 1.82) is 0 Å². The van der Waals surface area contributed by atoms with Gasteiger partial charge in [0.1, 0.15) is 5.75 Å². The first-order valence-corrected chi connectivity index (χ1v) is 11.1. The number of hydrogen-bond donors (Lipinski definition) is 0. The third-order valence-electron chi connectivity index (χ3n) is 6.12. The van der Waals surface area contributed by atoms with Crippen LogP contribution in [-0.2, 0) is 10.2 Å². The van der Waals surface area contributed by atoms with Crippen LogP contribution in [0.2, 0.25) is 0 Å². The van der Waals surface area contributed by atoms with E-state index in [0.717, 1.165) is 30.8 Å². The SMILES string of the molecule is CCCCCC(C=Cc1ccc(C(=O)OC)cc1)c1ccc2c(c1)OCCC2(C)C. The average molecular weight is 407 g/mol. The van der Waals surface area contributed by atoms with Crippen LogP contribution >= 0.6 is 0 Å². The fourth-order valence-corrected chi connectivity index (χ4v) is 4.06. The van der Waals surface area contributed by atoms with Gasteiger partial charge >= 0.3 is 5.97 Å². The number of unbranched alkanes of at least 4 members (excludes halogenated alkanes) is 2. The van der Waals surface area contributed by atoms with Gasteiger partial charge in [0.15, 0.2) is 0 Å². The van der Waals surface area contributed by atoms with Gasteiger partial charge in [0.2, 0.25) is 0 Å². The molecule has 0 N–H and O–H groups in total. The van der Waals surface area contributed by atoms with Crippen molar-refractivity contribution in [3.63, 3.8) is 0 Å². The van der Waals surface area contributed by atoms with Crippen molar-refractivity contribution in [2.24, 2.45) is 0 Å². The van der Waals surface area contributed by atoms with E-state index in [2.05, 4.69) is 51.1 Å². The third-order valence-corrected chi connectivity index (χ3v) is 6.12. The fourth-order valence-electron chi connectivity index (χ4n) is 4.06. The van der Waals surface area contributed by atoms with E-state index in [0.29, 0.717) is 11.5 Å². The molecule has 0 aliphatic carbocycles. The Bertz CT molecular complexity index is 877. The summed E-state index contributed by atoms with van der Waals surface area (Å²) in [4.78, 5) is 11.6. The zero-order valence-electron chi connectivity index (χ0n) is 18.7. The van der Waals surface area contributed by atoms with Crippen LogP contribution in [0.3, 0.4) is 0 Å². The molecule has 160 valence electrons. The van der Waals surface area contributed by atoms with Crippen LogP contribution < -0.4 is 4.74 Å². The number of hydrogen-bond acceptors (Lipinski definition) is 3. The largest absolute Gasteiger partial charge is 0.493 e. The minimum Gasteiger partial charge on any atom is -0.493 e. The lowest BCUT2D eigenvalue weighted by atomic mass is 9.78. The van der Waals surface area contributed by atoms with Crippen molar-refractivity contribution in [1.82, 2.24) is 0 Å². The van der Waals surface area contributed by atoms with Gasteiger partial charge in [0, 0.05) is 5.92 Å². The van der Waals surface area contributed by atoms with Gasteiger partial charge in [-0.2, -0.15) is 0 Å². The number of carbonyl (C=O) groups is 1. The summed E-state index contributed by atoms with van der Waals surface area (Å²) in [6, 6.07) is 14.3. The number of methoxy groups -OCH3 is 1. The Balaban J connectivity index is 1.82. The van der Waals surface area contributed by atoms with Crippen molar-refractivity contribution in [3.05, 3.63) is 70.8 Å². The Morgan fingerprint density at radius 3 is 2.63 bits per heavy atom. The summed E-state index contributed by atoms with van der Waals surface area (Å²) in [6.07, 6.45) is 10.3. The molecule has 0 amide bonds. The number of fused-ring (bicyclic) bond motifs is 1. The summed E-state index contributed by atoms with van der Waals surface area (Å²) in [6.45, 7) is 7.62. The maximum absolute atomic E-state index is 11.6. The van der Waals surface area contributed by atoms with Gasteiger partial charge in [-0.3, -0.25) is 0 Å². The molecule has 0 saturated carbocycles. The van der Waals surface area contributed by atoms with Gasteiger partial charge < -0.3 is 9.47 Å². The van der Waals surface area contributed by atoms with Crippen molar-refractivity contribution in [2.45, 2.75) is 64.2 Å². The molecule has 1 atom stereocenters. The van der Waals surface area contributed by atoms with Gasteiger partial charge in [-0.05, 0) is 53.1 Å². The molecule has 0 saturated heterocycles. The van der Waals surface area contributed by atoms with Crippen LogP contribution in [0, 0.1) is 0 Å². The second-order valence-corrected chi connectivity index (χ2v) is 8.81. The quantitative estimate of drug-likeness (QED) is 0.353. The Kier molecular flexibility index (Phi) is 7.36. The molecule has 2 aromatic carbocycles. The van der Waals surface area contributed by atoms with Crippen LogP contribution in [0.25, 0.3) is 6.08 Å². The van der Waals surface area contributed by atoms with E-state index in [4.69, 9.17) is 9.47 Å². The maximum Gasteiger partial charge on any atom is 0.337 e. The molecule has 2 aromatic rings. The van der Waals surface area contributed by atoms with Gasteiger partial charge in [-0.15, -0.1) is 0 Å². The molecule has 3 rings (SSSR count).